The van der Waals surface area contributed by atoms with Crippen molar-refractivity contribution in [1.29, 1.82) is 0 Å². The molecule has 0 aliphatic carbocycles. The van der Waals surface area contributed by atoms with E-state index in [9.17, 15) is 0 Å². The number of nitrogens with one attached hydrogen (secondary N) is 2. The van der Waals surface area contributed by atoms with Gasteiger partial charge < -0.3 is 20.3 Å². The molecule has 1 aromatic rings. The van der Waals surface area contributed by atoms with Crippen LogP contribution < -0.4 is 15.5 Å². The summed E-state index contributed by atoms with van der Waals surface area (Å²) in [5, 5.41) is 6.83. The van der Waals surface area contributed by atoms with Crippen LogP contribution in [0.25, 0.3) is 0 Å². The van der Waals surface area contributed by atoms with Gasteiger partial charge in [0.1, 0.15) is 0 Å². The molecule has 1 unspecified atom stereocenters. The standard InChI is InChI=1S/C22H39N5O/c1-18(2)16-27-13-14-28-21(17-27)15-25-22(23-3)24-12-6-7-19-8-10-20(11-9-19)26(4)5/h8-11,18,21H,6-7,12-17H2,1-5H3,(H2,23,24,25). The number of anilines is 1. The van der Waals surface area contributed by atoms with Crippen LogP contribution >= 0.6 is 0 Å². The number of benzene rings is 1. The van der Waals surface area contributed by atoms with Crippen LogP contribution in [0.2, 0.25) is 0 Å². The van der Waals surface area contributed by atoms with Crippen molar-refractivity contribution in [2.45, 2.75) is 32.8 Å². The highest BCUT2D eigenvalue weighted by Gasteiger charge is 2.20. The molecule has 6 heteroatoms. The van der Waals surface area contributed by atoms with Crippen molar-refractivity contribution >= 4 is 11.6 Å². The van der Waals surface area contributed by atoms with Crippen LogP contribution in [0.1, 0.15) is 25.8 Å². The third-order valence-corrected chi connectivity index (χ3v) is 4.95. The van der Waals surface area contributed by atoms with Crippen LogP contribution in [0.3, 0.4) is 0 Å². The Balaban J connectivity index is 1.64. The molecule has 0 bridgehead atoms. The van der Waals surface area contributed by atoms with Crippen LogP contribution in [0.4, 0.5) is 5.69 Å². The van der Waals surface area contributed by atoms with Crippen molar-refractivity contribution < 1.29 is 4.74 Å². The molecule has 0 spiro atoms. The molecule has 1 aliphatic heterocycles. The van der Waals surface area contributed by atoms with Gasteiger partial charge in [-0.05, 0) is 36.5 Å². The molecule has 1 saturated heterocycles. The van der Waals surface area contributed by atoms with Gasteiger partial charge in [-0.15, -0.1) is 0 Å². The number of nitrogens with zero attached hydrogens (tertiary/aromatic N) is 3. The summed E-state index contributed by atoms with van der Waals surface area (Å²) >= 11 is 0. The van der Waals surface area contributed by atoms with E-state index in [-0.39, 0.29) is 6.10 Å². The second kappa shape index (κ2) is 11.9. The summed E-state index contributed by atoms with van der Waals surface area (Å²) < 4.78 is 5.90. The first-order valence-corrected chi connectivity index (χ1v) is 10.5. The molecule has 1 heterocycles. The molecular weight excluding hydrogens is 350 g/mol. The fraction of sp³-hybridized carbons (Fsp3) is 0.682. The molecule has 28 heavy (non-hydrogen) atoms. The Morgan fingerprint density at radius 2 is 2.00 bits per heavy atom. The number of ether oxygens (including phenoxy) is 1. The Kier molecular flexibility index (Phi) is 9.58. The van der Waals surface area contributed by atoms with Crippen molar-refractivity contribution in [3.63, 3.8) is 0 Å². The summed E-state index contributed by atoms with van der Waals surface area (Å²) in [6.07, 6.45) is 2.36. The monoisotopic (exact) mass is 389 g/mol. The van der Waals surface area contributed by atoms with E-state index in [0.717, 1.165) is 58.1 Å². The highest BCUT2D eigenvalue weighted by atomic mass is 16.5. The Bertz CT molecular complexity index is 585. The van der Waals surface area contributed by atoms with Crippen LogP contribution in [-0.2, 0) is 11.2 Å². The van der Waals surface area contributed by atoms with Crippen molar-refractivity contribution in [3.8, 4) is 0 Å². The van der Waals surface area contributed by atoms with E-state index in [1.165, 1.54) is 11.3 Å². The maximum absolute atomic E-state index is 5.90. The average molecular weight is 390 g/mol. The fourth-order valence-electron chi connectivity index (χ4n) is 3.48. The molecule has 1 aliphatic rings. The van der Waals surface area contributed by atoms with Gasteiger partial charge in [-0.25, -0.2) is 0 Å². The Hall–Kier alpha value is -1.79. The van der Waals surface area contributed by atoms with Gasteiger partial charge in [0.05, 0.1) is 12.7 Å². The summed E-state index contributed by atoms with van der Waals surface area (Å²) in [6, 6.07) is 8.78. The smallest absolute Gasteiger partial charge is 0.191 e. The second-order valence-electron chi connectivity index (χ2n) is 8.19. The summed E-state index contributed by atoms with van der Waals surface area (Å²) in [4.78, 5) is 8.96. The first-order chi connectivity index (χ1) is 13.5. The lowest BCUT2D eigenvalue weighted by Gasteiger charge is -2.34. The molecule has 1 aromatic carbocycles. The number of morpholine rings is 1. The SMILES string of the molecule is CN=C(NCCCc1ccc(N(C)C)cc1)NCC1CN(CC(C)C)CCO1. The number of aryl methyl sites for hydroxylation is 1. The number of hydrogen-bond donors (Lipinski definition) is 2. The number of guanidine groups is 1. The lowest BCUT2D eigenvalue weighted by Crippen LogP contribution is -2.50. The number of rotatable bonds is 9. The predicted molar refractivity (Wildman–Crippen MR) is 119 cm³/mol. The van der Waals surface area contributed by atoms with E-state index in [2.05, 4.69) is 77.6 Å². The van der Waals surface area contributed by atoms with Crippen LogP contribution in [-0.4, -0.2) is 77.4 Å². The highest BCUT2D eigenvalue weighted by Crippen LogP contribution is 2.13. The Morgan fingerprint density at radius 1 is 1.25 bits per heavy atom. The van der Waals surface area contributed by atoms with Gasteiger partial charge >= 0.3 is 0 Å². The molecule has 0 saturated carbocycles. The zero-order valence-electron chi connectivity index (χ0n) is 18.4. The van der Waals surface area contributed by atoms with Crippen molar-refractivity contribution in [2.75, 3.05) is 65.4 Å². The molecule has 0 radical (unpaired) electrons. The third-order valence-electron chi connectivity index (χ3n) is 4.95. The first kappa shape index (κ1) is 22.5. The molecular formula is C22H39N5O. The minimum atomic E-state index is 0.223. The van der Waals surface area contributed by atoms with Crippen molar-refractivity contribution in [1.82, 2.24) is 15.5 Å². The molecule has 1 atom stereocenters. The number of aliphatic imine (C=N–C) groups is 1. The Labute approximate surface area is 171 Å². The van der Waals surface area contributed by atoms with E-state index in [1.807, 2.05) is 7.05 Å². The zero-order valence-corrected chi connectivity index (χ0v) is 18.4. The minimum Gasteiger partial charge on any atom is -0.378 e. The molecule has 6 nitrogen and oxygen atoms in total. The average Bonchev–Trinajstić information content (AvgIpc) is 2.67. The fourth-order valence-corrected chi connectivity index (χ4v) is 3.48. The van der Waals surface area contributed by atoms with E-state index in [4.69, 9.17) is 4.74 Å². The maximum Gasteiger partial charge on any atom is 0.191 e. The normalized spacial score (nSPS) is 18.4. The molecule has 0 amide bonds. The summed E-state index contributed by atoms with van der Waals surface area (Å²) in [7, 11) is 5.96. The lowest BCUT2D eigenvalue weighted by molar-refractivity contribution is -0.0284. The van der Waals surface area contributed by atoms with E-state index >= 15 is 0 Å². The third kappa shape index (κ3) is 8.07. The van der Waals surface area contributed by atoms with Crippen LogP contribution in [0, 0.1) is 5.92 Å². The second-order valence-corrected chi connectivity index (χ2v) is 8.19. The highest BCUT2D eigenvalue weighted by molar-refractivity contribution is 5.79. The quantitative estimate of drug-likeness (QED) is 0.385. The summed E-state index contributed by atoms with van der Waals surface area (Å²) in [5.41, 5.74) is 2.61. The van der Waals surface area contributed by atoms with Crippen LogP contribution in [0.15, 0.2) is 29.3 Å². The molecule has 2 N–H and O–H groups in total. The predicted octanol–water partition coefficient (Wildman–Crippen LogP) is 2.21. The molecule has 158 valence electrons. The molecule has 0 aromatic heterocycles. The van der Waals surface area contributed by atoms with Gasteiger partial charge in [-0.2, -0.15) is 0 Å². The summed E-state index contributed by atoms with van der Waals surface area (Å²) in [6.45, 7) is 10.2. The van der Waals surface area contributed by atoms with Crippen LogP contribution in [0.5, 0.6) is 0 Å². The molecule has 2 rings (SSSR count). The first-order valence-electron chi connectivity index (χ1n) is 10.5. The topological polar surface area (TPSA) is 52.1 Å². The summed E-state index contributed by atoms with van der Waals surface area (Å²) in [5.74, 6) is 1.55. The van der Waals surface area contributed by atoms with Gasteiger partial charge in [-0.3, -0.25) is 9.89 Å². The van der Waals surface area contributed by atoms with E-state index in [0.29, 0.717) is 5.92 Å². The van der Waals surface area contributed by atoms with Gasteiger partial charge in [0.2, 0.25) is 0 Å². The zero-order chi connectivity index (χ0) is 20.4. The molecule has 1 fully saturated rings. The van der Waals surface area contributed by atoms with Crippen molar-refractivity contribution in [2.24, 2.45) is 10.9 Å². The lowest BCUT2D eigenvalue weighted by atomic mass is 10.1. The van der Waals surface area contributed by atoms with E-state index in [1.54, 1.807) is 0 Å². The minimum absolute atomic E-state index is 0.223. The Morgan fingerprint density at radius 3 is 2.64 bits per heavy atom. The van der Waals surface area contributed by atoms with Gasteiger partial charge in [0.15, 0.2) is 5.96 Å². The van der Waals surface area contributed by atoms with Gasteiger partial charge in [0, 0.05) is 59.6 Å². The van der Waals surface area contributed by atoms with Crippen molar-refractivity contribution in [3.05, 3.63) is 29.8 Å². The largest absolute Gasteiger partial charge is 0.378 e. The van der Waals surface area contributed by atoms with Gasteiger partial charge in [-0.1, -0.05) is 26.0 Å². The van der Waals surface area contributed by atoms with Gasteiger partial charge in [0.25, 0.3) is 0 Å². The number of hydrogen-bond acceptors (Lipinski definition) is 4. The van der Waals surface area contributed by atoms with E-state index < -0.39 is 0 Å². The maximum atomic E-state index is 5.90.